The zero-order chi connectivity index (χ0) is 14.0. The molecule has 0 amide bonds. The number of hydrogen-bond donors (Lipinski definition) is 1. The van der Waals surface area contributed by atoms with Crippen molar-refractivity contribution in [2.45, 2.75) is 4.90 Å². The molecule has 1 aromatic rings. The molecule has 1 saturated heterocycles. The first kappa shape index (κ1) is 14.2. The highest BCUT2D eigenvalue weighted by atomic mass is 35.5. The van der Waals surface area contributed by atoms with Crippen LogP contribution in [-0.2, 0) is 10.0 Å². The number of halogens is 1. The van der Waals surface area contributed by atoms with Crippen LogP contribution in [0, 0.1) is 10.1 Å². The molecule has 0 aliphatic carbocycles. The van der Waals surface area contributed by atoms with E-state index in [-0.39, 0.29) is 9.92 Å². The van der Waals surface area contributed by atoms with E-state index in [1.54, 1.807) is 0 Å². The fourth-order valence-electron chi connectivity index (χ4n) is 1.88. The van der Waals surface area contributed by atoms with Crippen molar-refractivity contribution in [1.29, 1.82) is 0 Å². The minimum atomic E-state index is -3.86. The fourth-order valence-corrected chi connectivity index (χ4v) is 3.62. The van der Waals surface area contributed by atoms with Crippen molar-refractivity contribution in [3.63, 3.8) is 0 Å². The quantitative estimate of drug-likeness (QED) is 0.660. The molecule has 1 N–H and O–H groups in total. The standard InChI is InChI=1S/C10H12ClN3O4S/c11-8-1-2-10(9(7-8)14(15)16)19(17,18)13-5-3-12-4-6-13/h1-2,7,12H,3-6H2. The lowest BCUT2D eigenvalue weighted by Crippen LogP contribution is -2.46. The van der Waals surface area contributed by atoms with E-state index in [0.717, 1.165) is 6.07 Å². The van der Waals surface area contributed by atoms with Gasteiger partial charge in [-0.05, 0) is 12.1 Å². The van der Waals surface area contributed by atoms with E-state index in [1.165, 1.54) is 16.4 Å². The predicted molar refractivity (Wildman–Crippen MR) is 69.7 cm³/mol. The second-order valence-electron chi connectivity index (χ2n) is 4.02. The first-order valence-corrected chi connectivity index (χ1v) is 7.39. The number of sulfonamides is 1. The largest absolute Gasteiger partial charge is 0.314 e. The summed E-state index contributed by atoms with van der Waals surface area (Å²) in [4.78, 5) is 9.90. The third-order valence-corrected chi connectivity index (χ3v) is 4.99. The number of nitrogens with one attached hydrogen (secondary N) is 1. The summed E-state index contributed by atoms with van der Waals surface area (Å²) in [6.07, 6.45) is 0. The van der Waals surface area contributed by atoms with Crippen molar-refractivity contribution in [3.8, 4) is 0 Å². The van der Waals surface area contributed by atoms with Crippen LogP contribution in [0.25, 0.3) is 0 Å². The zero-order valence-electron chi connectivity index (χ0n) is 9.87. The number of nitro groups is 1. The van der Waals surface area contributed by atoms with Crippen LogP contribution in [0.1, 0.15) is 0 Å². The van der Waals surface area contributed by atoms with Crippen LogP contribution >= 0.6 is 11.6 Å². The molecule has 104 valence electrons. The van der Waals surface area contributed by atoms with E-state index in [2.05, 4.69) is 5.32 Å². The van der Waals surface area contributed by atoms with E-state index in [1.807, 2.05) is 0 Å². The van der Waals surface area contributed by atoms with Gasteiger partial charge in [-0.1, -0.05) is 11.6 Å². The Balaban J connectivity index is 2.48. The molecule has 0 saturated carbocycles. The van der Waals surface area contributed by atoms with Crippen LogP contribution in [0.2, 0.25) is 5.02 Å². The molecule has 0 bridgehead atoms. The van der Waals surface area contributed by atoms with Gasteiger partial charge in [-0.2, -0.15) is 4.31 Å². The Bertz CT molecular complexity index is 599. The maximum absolute atomic E-state index is 12.4. The molecule has 1 fully saturated rings. The Labute approximate surface area is 115 Å². The smallest absolute Gasteiger partial charge is 0.290 e. The molecule has 0 radical (unpaired) electrons. The Morgan fingerprint density at radius 1 is 1.32 bits per heavy atom. The van der Waals surface area contributed by atoms with Gasteiger partial charge >= 0.3 is 0 Å². The summed E-state index contributed by atoms with van der Waals surface area (Å²) in [7, 11) is -3.86. The average Bonchev–Trinajstić information content (AvgIpc) is 2.39. The fraction of sp³-hybridized carbons (Fsp3) is 0.400. The lowest BCUT2D eigenvalue weighted by molar-refractivity contribution is -0.387. The summed E-state index contributed by atoms with van der Waals surface area (Å²) < 4.78 is 26.0. The van der Waals surface area contributed by atoms with E-state index >= 15 is 0 Å². The predicted octanol–water partition coefficient (Wildman–Crippen LogP) is 0.842. The molecule has 1 aliphatic heterocycles. The summed E-state index contributed by atoms with van der Waals surface area (Å²) in [5, 5.41) is 14.1. The molecule has 2 rings (SSSR count). The van der Waals surface area contributed by atoms with Gasteiger partial charge in [0.05, 0.1) is 4.92 Å². The van der Waals surface area contributed by atoms with Gasteiger partial charge in [0.2, 0.25) is 10.0 Å². The number of piperazine rings is 1. The van der Waals surface area contributed by atoms with Crippen LogP contribution in [0.4, 0.5) is 5.69 Å². The van der Waals surface area contributed by atoms with Gasteiger partial charge < -0.3 is 5.32 Å². The molecule has 0 unspecified atom stereocenters. The summed E-state index contributed by atoms with van der Waals surface area (Å²) in [6, 6.07) is 3.57. The van der Waals surface area contributed by atoms with Gasteiger partial charge in [-0.25, -0.2) is 8.42 Å². The molecule has 19 heavy (non-hydrogen) atoms. The number of nitro benzene ring substituents is 1. The Hall–Kier alpha value is -1.22. The second kappa shape index (κ2) is 5.41. The van der Waals surface area contributed by atoms with Crippen molar-refractivity contribution < 1.29 is 13.3 Å². The van der Waals surface area contributed by atoms with Gasteiger partial charge in [0.15, 0.2) is 4.90 Å². The minimum Gasteiger partial charge on any atom is -0.314 e. The Kier molecular flexibility index (Phi) is 4.04. The highest BCUT2D eigenvalue weighted by Gasteiger charge is 2.32. The van der Waals surface area contributed by atoms with Crippen LogP contribution in [0.15, 0.2) is 23.1 Å². The third-order valence-electron chi connectivity index (χ3n) is 2.81. The van der Waals surface area contributed by atoms with Gasteiger partial charge in [-0.3, -0.25) is 10.1 Å². The molecule has 9 heteroatoms. The molecular weight excluding hydrogens is 294 g/mol. The molecule has 7 nitrogen and oxygen atoms in total. The normalized spacial score (nSPS) is 17.3. The summed E-state index contributed by atoms with van der Waals surface area (Å²) in [5.41, 5.74) is -0.494. The minimum absolute atomic E-state index is 0.131. The van der Waals surface area contributed by atoms with Crippen molar-refractivity contribution in [2.75, 3.05) is 26.2 Å². The van der Waals surface area contributed by atoms with Crippen LogP contribution < -0.4 is 5.32 Å². The lowest BCUT2D eigenvalue weighted by Gasteiger charge is -2.26. The number of benzene rings is 1. The van der Waals surface area contributed by atoms with Crippen LogP contribution in [-0.4, -0.2) is 43.8 Å². The molecular formula is C10H12ClN3O4S. The average molecular weight is 306 g/mol. The lowest BCUT2D eigenvalue weighted by atomic mass is 10.3. The SMILES string of the molecule is O=[N+]([O-])c1cc(Cl)ccc1S(=O)(=O)N1CCNCC1. The van der Waals surface area contributed by atoms with Crippen molar-refractivity contribution >= 4 is 27.3 Å². The molecule has 1 aromatic carbocycles. The van der Waals surface area contributed by atoms with Crippen LogP contribution in [0.3, 0.4) is 0 Å². The molecule has 0 spiro atoms. The van der Waals surface area contributed by atoms with Crippen LogP contribution in [0.5, 0.6) is 0 Å². The maximum atomic E-state index is 12.4. The highest BCUT2D eigenvalue weighted by Crippen LogP contribution is 2.29. The van der Waals surface area contributed by atoms with E-state index in [4.69, 9.17) is 11.6 Å². The molecule has 1 aliphatic rings. The number of hydrogen-bond acceptors (Lipinski definition) is 5. The van der Waals surface area contributed by atoms with Gasteiger partial charge in [0, 0.05) is 37.3 Å². The van der Waals surface area contributed by atoms with Gasteiger partial charge in [-0.15, -0.1) is 0 Å². The highest BCUT2D eigenvalue weighted by molar-refractivity contribution is 7.89. The summed E-state index contributed by atoms with van der Waals surface area (Å²) in [6.45, 7) is 1.64. The van der Waals surface area contributed by atoms with E-state index in [0.29, 0.717) is 26.2 Å². The first-order chi connectivity index (χ1) is 8.93. The topological polar surface area (TPSA) is 92.5 Å². The van der Waals surface area contributed by atoms with E-state index in [9.17, 15) is 18.5 Å². The zero-order valence-corrected chi connectivity index (χ0v) is 11.4. The van der Waals surface area contributed by atoms with Crippen molar-refractivity contribution in [3.05, 3.63) is 33.3 Å². The maximum Gasteiger partial charge on any atom is 0.290 e. The number of nitrogens with zero attached hydrogens (tertiary/aromatic N) is 2. The molecule has 0 aromatic heterocycles. The summed E-state index contributed by atoms with van der Waals surface area (Å²) >= 11 is 5.67. The molecule has 1 heterocycles. The van der Waals surface area contributed by atoms with Crippen molar-refractivity contribution in [1.82, 2.24) is 9.62 Å². The summed E-state index contributed by atoms with van der Waals surface area (Å²) in [5.74, 6) is 0. The van der Waals surface area contributed by atoms with Gasteiger partial charge in [0.25, 0.3) is 5.69 Å². The first-order valence-electron chi connectivity index (χ1n) is 5.58. The van der Waals surface area contributed by atoms with Gasteiger partial charge in [0.1, 0.15) is 0 Å². The second-order valence-corrected chi connectivity index (χ2v) is 6.37. The van der Waals surface area contributed by atoms with E-state index < -0.39 is 20.6 Å². The third kappa shape index (κ3) is 2.86. The van der Waals surface area contributed by atoms with Crippen molar-refractivity contribution in [2.24, 2.45) is 0 Å². The number of rotatable bonds is 3. The monoisotopic (exact) mass is 305 g/mol. The molecule has 0 atom stereocenters. The Morgan fingerprint density at radius 3 is 2.53 bits per heavy atom. The Morgan fingerprint density at radius 2 is 1.95 bits per heavy atom.